The van der Waals surface area contributed by atoms with Gasteiger partial charge in [0.15, 0.2) is 11.5 Å². The van der Waals surface area contributed by atoms with E-state index in [4.69, 9.17) is 9.47 Å². The van der Waals surface area contributed by atoms with E-state index < -0.39 is 0 Å². The number of rotatable bonds is 7. The van der Waals surface area contributed by atoms with E-state index in [0.717, 1.165) is 29.9 Å². The quantitative estimate of drug-likeness (QED) is 0.794. The molecule has 1 saturated carbocycles. The number of aromatic nitrogens is 2. The molecule has 1 aliphatic carbocycles. The maximum atomic E-state index is 12.4. The molecular weight excluding hydrogens is 332 g/mol. The maximum Gasteiger partial charge on any atom is 0.222 e. The van der Waals surface area contributed by atoms with Crippen molar-refractivity contribution in [3.8, 4) is 11.5 Å². The van der Waals surface area contributed by atoms with E-state index in [0.29, 0.717) is 38.0 Å². The second kappa shape index (κ2) is 7.59. The molecule has 1 amide bonds. The zero-order valence-electron chi connectivity index (χ0n) is 14.5. The van der Waals surface area contributed by atoms with Gasteiger partial charge >= 0.3 is 0 Å². The van der Waals surface area contributed by atoms with Crippen LogP contribution in [-0.2, 0) is 4.79 Å². The Balaban J connectivity index is 1.35. The predicted octanol–water partition coefficient (Wildman–Crippen LogP) is 2.32. The van der Waals surface area contributed by atoms with Crippen LogP contribution in [0.15, 0.2) is 36.7 Å². The number of fused-ring (bicyclic) bond motifs is 1. The Kier molecular flexibility index (Phi) is 4.86. The number of hydrogen-bond acceptors (Lipinski definition) is 6. The number of nitrogens with one attached hydrogen (secondary N) is 2. The van der Waals surface area contributed by atoms with Gasteiger partial charge < -0.3 is 20.1 Å². The van der Waals surface area contributed by atoms with Gasteiger partial charge in [0.05, 0.1) is 6.04 Å². The topological polar surface area (TPSA) is 85.4 Å². The van der Waals surface area contributed by atoms with Crippen LogP contribution in [-0.4, -0.2) is 35.6 Å². The number of anilines is 1. The Labute approximate surface area is 152 Å². The molecule has 4 rings (SSSR count). The molecule has 7 nitrogen and oxygen atoms in total. The van der Waals surface area contributed by atoms with Crippen LogP contribution in [0, 0.1) is 5.92 Å². The van der Waals surface area contributed by atoms with Crippen LogP contribution in [0.2, 0.25) is 0 Å². The average molecular weight is 354 g/mol. The molecule has 1 aromatic carbocycles. The zero-order chi connectivity index (χ0) is 17.8. The predicted molar refractivity (Wildman–Crippen MR) is 96.2 cm³/mol. The van der Waals surface area contributed by atoms with E-state index in [1.165, 1.54) is 0 Å². The molecule has 1 aromatic heterocycles. The Morgan fingerprint density at radius 2 is 1.92 bits per heavy atom. The van der Waals surface area contributed by atoms with Crippen molar-refractivity contribution < 1.29 is 14.3 Å². The van der Waals surface area contributed by atoms with Crippen molar-refractivity contribution in [2.45, 2.75) is 25.3 Å². The monoisotopic (exact) mass is 354 g/mol. The molecule has 2 N–H and O–H groups in total. The van der Waals surface area contributed by atoms with E-state index in [2.05, 4.69) is 20.6 Å². The molecule has 0 radical (unpaired) electrons. The first-order chi connectivity index (χ1) is 12.8. The highest BCUT2D eigenvalue weighted by Gasteiger charge is 2.34. The highest BCUT2D eigenvalue weighted by atomic mass is 16.6. The summed E-state index contributed by atoms with van der Waals surface area (Å²) in [7, 11) is 0. The van der Waals surface area contributed by atoms with Crippen LogP contribution in [0.1, 0.15) is 30.9 Å². The van der Waals surface area contributed by atoms with Crippen molar-refractivity contribution in [2.24, 2.45) is 5.92 Å². The third-order valence-electron chi connectivity index (χ3n) is 4.54. The van der Waals surface area contributed by atoms with Gasteiger partial charge in [0.25, 0.3) is 0 Å². The highest BCUT2D eigenvalue weighted by molar-refractivity contribution is 5.77. The van der Waals surface area contributed by atoms with Crippen LogP contribution in [0.25, 0.3) is 0 Å². The lowest BCUT2D eigenvalue weighted by Gasteiger charge is -2.23. The van der Waals surface area contributed by atoms with Gasteiger partial charge in [-0.2, -0.15) is 0 Å². The zero-order valence-corrected chi connectivity index (χ0v) is 14.5. The summed E-state index contributed by atoms with van der Waals surface area (Å²) >= 11 is 0. The Hall–Kier alpha value is -2.83. The Bertz CT molecular complexity index is 765. The maximum absolute atomic E-state index is 12.4. The van der Waals surface area contributed by atoms with Gasteiger partial charge in [-0.15, -0.1) is 0 Å². The molecule has 2 aliphatic rings. The van der Waals surface area contributed by atoms with Crippen LogP contribution in [0.5, 0.6) is 11.5 Å². The van der Waals surface area contributed by atoms with E-state index >= 15 is 0 Å². The first kappa shape index (κ1) is 16.6. The molecule has 2 aromatic rings. The summed E-state index contributed by atoms with van der Waals surface area (Å²) in [5.74, 6) is 2.57. The molecule has 136 valence electrons. The number of benzene rings is 1. The van der Waals surface area contributed by atoms with Crippen LogP contribution in [0.3, 0.4) is 0 Å². The lowest BCUT2D eigenvalue weighted by atomic mass is 10.0. The fourth-order valence-electron chi connectivity index (χ4n) is 3.08. The number of carbonyl (C=O) groups is 1. The van der Waals surface area contributed by atoms with E-state index in [9.17, 15) is 4.79 Å². The fraction of sp³-hybridized carbons (Fsp3) is 0.421. The summed E-state index contributed by atoms with van der Waals surface area (Å²) in [6.45, 7) is 1.63. The molecule has 1 fully saturated rings. The number of amides is 1. The molecular formula is C19H22N4O3. The van der Waals surface area contributed by atoms with Gasteiger partial charge in [0.1, 0.15) is 13.2 Å². The van der Waals surface area contributed by atoms with E-state index in [1.54, 1.807) is 18.5 Å². The summed E-state index contributed by atoms with van der Waals surface area (Å²) in [6.07, 6.45) is 5.97. The van der Waals surface area contributed by atoms with Crippen LogP contribution >= 0.6 is 0 Å². The van der Waals surface area contributed by atoms with Crippen molar-refractivity contribution in [3.63, 3.8) is 0 Å². The highest BCUT2D eigenvalue weighted by Crippen LogP contribution is 2.43. The Morgan fingerprint density at radius 1 is 1.15 bits per heavy atom. The molecule has 2 heterocycles. The smallest absolute Gasteiger partial charge is 0.222 e. The van der Waals surface area contributed by atoms with E-state index in [-0.39, 0.29) is 11.9 Å². The van der Waals surface area contributed by atoms with E-state index in [1.807, 2.05) is 18.2 Å². The molecule has 1 aliphatic heterocycles. The minimum atomic E-state index is 0.0141. The summed E-state index contributed by atoms with van der Waals surface area (Å²) in [5.41, 5.74) is 1.07. The Morgan fingerprint density at radius 3 is 2.69 bits per heavy atom. The molecule has 26 heavy (non-hydrogen) atoms. The number of hydrogen-bond donors (Lipinski definition) is 2. The van der Waals surface area contributed by atoms with Gasteiger partial charge in [-0.25, -0.2) is 9.97 Å². The van der Waals surface area contributed by atoms with Crippen LogP contribution in [0.4, 0.5) is 5.95 Å². The fourth-order valence-corrected chi connectivity index (χ4v) is 3.08. The molecule has 0 spiro atoms. The molecule has 0 saturated heterocycles. The SMILES string of the molecule is O=C(CCNc1ncccn1)NC(c1ccc2c(c1)OCCO2)C1CC1. The lowest BCUT2D eigenvalue weighted by Crippen LogP contribution is -2.31. The third kappa shape index (κ3) is 4.04. The van der Waals surface area contributed by atoms with Crippen molar-refractivity contribution in [3.05, 3.63) is 42.2 Å². The second-order valence-corrected chi connectivity index (χ2v) is 6.53. The van der Waals surface area contributed by atoms with Crippen molar-refractivity contribution in [1.82, 2.24) is 15.3 Å². The normalized spacial score (nSPS) is 16.6. The van der Waals surface area contributed by atoms with Gasteiger partial charge in [0, 0.05) is 25.4 Å². The summed E-state index contributed by atoms with van der Waals surface area (Å²) in [4.78, 5) is 20.6. The van der Waals surface area contributed by atoms with Gasteiger partial charge in [-0.05, 0) is 42.5 Å². The molecule has 7 heteroatoms. The summed E-state index contributed by atoms with van der Waals surface area (Å²) in [5, 5.41) is 6.23. The number of carbonyl (C=O) groups excluding carboxylic acids is 1. The number of ether oxygens (including phenoxy) is 2. The van der Waals surface area contributed by atoms with Crippen LogP contribution < -0.4 is 20.1 Å². The van der Waals surface area contributed by atoms with Gasteiger partial charge in [-0.1, -0.05) is 6.07 Å². The first-order valence-corrected chi connectivity index (χ1v) is 8.99. The third-order valence-corrected chi connectivity index (χ3v) is 4.54. The lowest BCUT2D eigenvalue weighted by molar-refractivity contribution is -0.121. The minimum absolute atomic E-state index is 0.0141. The molecule has 0 bridgehead atoms. The average Bonchev–Trinajstić information content (AvgIpc) is 3.52. The first-order valence-electron chi connectivity index (χ1n) is 8.99. The largest absolute Gasteiger partial charge is 0.486 e. The minimum Gasteiger partial charge on any atom is -0.486 e. The van der Waals surface area contributed by atoms with Crippen molar-refractivity contribution in [1.29, 1.82) is 0 Å². The van der Waals surface area contributed by atoms with Crippen molar-refractivity contribution >= 4 is 11.9 Å². The molecule has 1 atom stereocenters. The summed E-state index contributed by atoms with van der Waals surface area (Å²) < 4.78 is 11.2. The summed E-state index contributed by atoms with van der Waals surface area (Å²) in [6, 6.07) is 7.72. The molecule has 1 unspecified atom stereocenters. The van der Waals surface area contributed by atoms with Gasteiger partial charge in [0.2, 0.25) is 11.9 Å². The van der Waals surface area contributed by atoms with Gasteiger partial charge in [-0.3, -0.25) is 4.79 Å². The standard InChI is InChI=1S/C19H22N4O3/c24-17(6-9-22-19-20-7-1-8-21-19)23-18(13-2-3-13)14-4-5-15-16(12-14)26-11-10-25-15/h1,4-5,7-8,12-13,18H,2-3,6,9-11H2,(H,23,24)(H,20,21,22). The van der Waals surface area contributed by atoms with Crippen molar-refractivity contribution in [2.75, 3.05) is 25.1 Å². The second-order valence-electron chi connectivity index (χ2n) is 6.53. The number of nitrogens with zero attached hydrogens (tertiary/aromatic N) is 2.